The first-order chi connectivity index (χ1) is 19.3. The molecule has 4 rings (SSSR count). The standard InChI is InChI=1S/C30H28FN5O4/c1-2-3-7-20(33)15-28(38)34-21-8-4-6-18(13-21)23-16-25(22-11-10-19(31)14-26(22)37)35-29(24(23)17-32)36-30(39)27-9-5-12-40-27/h4-6,8-14,16,20,37H,2-3,7,15,33H2,1H3,(H,34,38)(H,35,36,39)/t20-/m0/s1. The predicted octanol–water partition coefficient (Wildman–Crippen LogP) is 5.82. The summed E-state index contributed by atoms with van der Waals surface area (Å²) in [6.07, 6.45) is 4.18. The van der Waals surface area contributed by atoms with Gasteiger partial charge in [0, 0.05) is 35.3 Å². The van der Waals surface area contributed by atoms with Gasteiger partial charge in [0.25, 0.3) is 5.91 Å². The fraction of sp³-hybridized carbons (Fsp3) is 0.200. The van der Waals surface area contributed by atoms with Crippen molar-refractivity contribution in [2.45, 2.75) is 38.6 Å². The highest BCUT2D eigenvalue weighted by Gasteiger charge is 2.21. The van der Waals surface area contributed by atoms with Crippen LogP contribution in [0.5, 0.6) is 5.75 Å². The number of nitriles is 1. The molecule has 2 amide bonds. The molecule has 0 saturated carbocycles. The fourth-order valence-corrected chi connectivity index (χ4v) is 4.20. The summed E-state index contributed by atoms with van der Waals surface area (Å²) in [5.41, 5.74) is 7.85. The number of hydrogen-bond donors (Lipinski definition) is 4. The van der Waals surface area contributed by atoms with Crippen LogP contribution < -0.4 is 16.4 Å². The molecule has 0 unspecified atom stereocenters. The number of pyridine rings is 1. The van der Waals surface area contributed by atoms with Crippen LogP contribution in [0, 0.1) is 17.1 Å². The Morgan fingerprint density at radius 2 is 1.95 bits per heavy atom. The number of nitrogens with one attached hydrogen (secondary N) is 2. The fourth-order valence-electron chi connectivity index (χ4n) is 4.20. The topological polar surface area (TPSA) is 154 Å². The third kappa shape index (κ3) is 6.70. The minimum Gasteiger partial charge on any atom is -0.507 e. The van der Waals surface area contributed by atoms with Crippen LogP contribution in [0.4, 0.5) is 15.9 Å². The molecule has 0 bridgehead atoms. The number of halogens is 1. The van der Waals surface area contributed by atoms with E-state index in [0.717, 1.165) is 31.4 Å². The molecule has 2 heterocycles. The van der Waals surface area contributed by atoms with Gasteiger partial charge in [0.2, 0.25) is 5.91 Å². The van der Waals surface area contributed by atoms with Crippen LogP contribution >= 0.6 is 0 Å². The lowest BCUT2D eigenvalue weighted by molar-refractivity contribution is -0.116. The molecule has 5 N–H and O–H groups in total. The van der Waals surface area contributed by atoms with Gasteiger partial charge in [0.15, 0.2) is 11.6 Å². The van der Waals surface area contributed by atoms with Crippen LogP contribution in [0.2, 0.25) is 0 Å². The Hall–Kier alpha value is -5.01. The number of nitrogens with zero attached hydrogens (tertiary/aromatic N) is 2. The van der Waals surface area contributed by atoms with E-state index >= 15 is 0 Å². The first kappa shape index (κ1) is 28.0. The van der Waals surface area contributed by atoms with E-state index in [9.17, 15) is 24.3 Å². The van der Waals surface area contributed by atoms with Gasteiger partial charge in [-0.15, -0.1) is 0 Å². The number of carbonyl (C=O) groups is 2. The number of phenols is 1. The number of anilines is 2. The molecule has 2 aromatic carbocycles. The van der Waals surface area contributed by atoms with E-state index in [2.05, 4.69) is 28.6 Å². The molecule has 0 saturated heterocycles. The molecular formula is C30H28FN5O4. The molecule has 204 valence electrons. The van der Waals surface area contributed by atoms with Crippen LogP contribution in [-0.2, 0) is 4.79 Å². The van der Waals surface area contributed by atoms with E-state index in [1.165, 1.54) is 18.4 Å². The first-order valence-electron chi connectivity index (χ1n) is 12.7. The van der Waals surface area contributed by atoms with Crippen molar-refractivity contribution in [2.24, 2.45) is 5.73 Å². The molecule has 0 aliphatic heterocycles. The van der Waals surface area contributed by atoms with Crippen LogP contribution in [0.25, 0.3) is 22.4 Å². The zero-order chi connectivity index (χ0) is 28.6. The first-order valence-corrected chi connectivity index (χ1v) is 12.7. The minimum absolute atomic E-state index is 0.00382. The molecule has 0 fully saturated rings. The molecular weight excluding hydrogens is 513 g/mol. The molecule has 2 aromatic heterocycles. The number of carbonyl (C=O) groups excluding carboxylic acids is 2. The van der Waals surface area contributed by atoms with Crippen LogP contribution in [0.15, 0.2) is 71.3 Å². The van der Waals surface area contributed by atoms with Gasteiger partial charge in [-0.1, -0.05) is 31.9 Å². The Morgan fingerprint density at radius 3 is 2.65 bits per heavy atom. The number of phenolic OH excluding ortho intramolecular Hbond substituents is 1. The summed E-state index contributed by atoms with van der Waals surface area (Å²) in [4.78, 5) is 29.8. The number of unbranched alkanes of at least 4 members (excludes halogenated alkanes) is 1. The number of rotatable bonds is 10. The second-order valence-corrected chi connectivity index (χ2v) is 9.22. The summed E-state index contributed by atoms with van der Waals surface area (Å²) in [5, 5.41) is 26.0. The Kier molecular flexibility index (Phi) is 8.89. The maximum Gasteiger partial charge on any atom is 0.292 e. The van der Waals surface area contributed by atoms with Gasteiger partial charge < -0.3 is 25.9 Å². The smallest absolute Gasteiger partial charge is 0.292 e. The van der Waals surface area contributed by atoms with Crippen molar-refractivity contribution in [3.05, 3.63) is 84.1 Å². The summed E-state index contributed by atoms with van der Waals surface area (Å²) >= 11 is 0. The second kappa shape index (κ2) is 12.7. The average Bonchev–Trinajstić information content (AvgIpc) is 3.47. The highest BCUT2D eigenvalue weighted by Crippen LogP contribution is 2.36. The van der Waals surface area contributed by atoms with Crippen LogP contribution in [0.3, 0.4) is 0 Å². The van der Waals surface area contributed by atoms with Crippen molar-refractivity contribution >= 4 is 23.3 Å². The molecule has 1 atom stereocenters. The molecule has 0 aliphatic rings. The van der Waals surface area contributed by atoms with E-state index < -0.39 is 11.7 Å². The van der Waals surface area contributed by atoms with E-state index in [1.807, 2.05) is 0 Å². The van der Waals surface area contributed by atoms with E-state index in [0.29, 0.717) is 16.8 Å². The third-order valence-corrected chi connectivity index (χ3v) is 6.18. The SMILES string of the molecule is CCCC[C@H](N)CC(=O)Nc1cccc(-c2cc(-c3ccc(F)cc3O)nc(NC(=O)c3ccco3)c2C#N)c1. The van der Waals surface area contributed by atoms with Gasteiger partial charge in [0.05, 0.1) is 12.0 Å². The summed E-state index contributed by atoms with van der Waals surface area (Å²) in [6.45, 7) is 2.06. The Bertz CT molecular complexity index is 1560. The molecule has 9 nitrogen and oxygen atoms in total. The zero-order valence-electron chi connectivity index (χ0n) is 21.8. The van der Waals surface area contributed by atoms with Crippen molar-refractivity contribution in [1.82, 2.24) is 4.98 Å². The zero-order valence-corrected chi connectivity index (χ0v) is 21.8. The average molecular weight is 542 g/mol. The van der Waals surface area contributed by atoms with Crippen molar-refractivity contribution in [2.75, 3.05) is 10.6 Å². The van der Waals surface area contributed by atoms with Gasteiger partial charge in [0.1, 0.15) is 23.2 Å². The Balaban J connectivity index is 1.75. The molecule has 40 heavy (non-hydrogen) atoms. The molecule has 10 heteroatoms. The van der Waals surface area contributed by atoms with Gasteiger partial charge >= 0.3 is 0 Å². The molecule has 0 spiro atoms. The number of nitrogens with two attached hydrogens (primary N) is 1. The van der Waals surface area contributed by atoms with Crippen LogP contribution in [-0.4, -0.2) is 27.9 Å². The largest absolute Gasteiger partial charge is 0.507 e. The van der Waals surface area contributed by atoms with E-state index in [4.69, 9.17) is 10.2 Å². The summed E-state index contributed by atoms with van der Waals surface area (Å²) in [6, 6.07) is 16.7. The normalized spacial score (nSPS) is 11.4. The quantitative estimate of drug-likeness (QED) is 0.197. The number of aromatic nitrogens is 1. The van der Waals surface area contributed by atoms with Crippen molar-refractivity contribution < 1.29 is 23.5 Å². The Morgan fingerprint density at radius 1 is 1.12 bits per heavy atom. The maximum absolute atomic E-state index is 13.7. The summed E-state index contributed by atoms with van der Waals surface area (Å²) in [7, 11) is 0. The number of aromatic hydroxyl groups is 1. The van der Waals surface area contributed by atoms with Crippen molar-refractivity contribution in [3.63, 3.8) is 0 Å². The number of amides is 2. The molecule has 0 aliphatic carbocycles. The van der Waals surface area contributed by atoms with Gasteiger partial charge in [-0.2, -0.15) is 5.26 Å². The molecule has 0 radical (unpaired) electrons. The minimum atomic E-state index is -0.640. The number of hydrogen-bond acceptors (Lipinski definition) is 7. The summed E-state index contributed by atoms with van der Waals surface area (Å²) in [5.74, 6) is -1.97. The van der Waals surface area contributed by atoms with E-state index in [-0.39, 0.29) is 52.5 Å². The Labute approximate surface area is 230 Å². The number of benzene rings is 2. The van der Waals surface area contributed by atoms with Crippen molar-refractivity contribution in [3.8, 4) is 34.2 Å². The highest BCUT2D eigenvalue weighted by atomic mass is 19.1. The second-order valence-electron chi connectivity index (χ2n) is 9.22. The lowest BCUT2D eigenvalue weighted by atomic mass is 9.97. The van der Waals surface area contributed by atoms with E-state index in [1.54, 1.807) is 36.4 Å². The van der Waals surface area contributed by atoms with Gasteiger partial charge in [-0.05, 0) is 54.4 Å². The summed E-state index contributed by atoms with van der Waals surface area (Å²) < 4.78 is 18.8. The van der Waals surface area contributed by atoms with Gasteiger partial charge in [-0.25, -0.2) is 9.37 Å². The predicted molar refractivity (Wildman–Crippen MR) is 149 cm³/mol. The van der Waals surface area contributed by atoms with Gasteiger partial charge in [-0.3, -0.25) is 9.59 Å². The lowest BCUT2D eigenvalue weighted by Crippen LogP contribution is -2.27. The third-order valence-electron chi connectivity index (χ3n) is 6.18. The van der Waals surface area contributed by atoms with Crippen molar-refractivity contribution in [1.29, 1.82) is 5.26 Å². The monoisotopic (exact) mass is 541 g/mol. The highest BCUT2D eigenvalue weighted by molar-refractivity contribution is 6.03. The lowest BCUT2D eigenvalue weighted by Gasteiger charge is -2.15. The molecule has 4 aromatic rings. The maximum atomic E-state index is 13.7. The number of furan rings is 1. The van der Waals surface area contributed by atoms with Crippen LogP contribution in [0.1, 0.15) is 48.7 Å².